The van der Waals surface area contributed by atoms with E-state index in [1.807, 2.05) is 0 Å². The Labute approximate surface area is 125 Å². The van der Waals surface area contributed by atoms with Crippen LogP contribution in [0.25, 0.3) is 0 Å². The minimum absolute atomic E-state index is 0. The molecule has 0 aliphatic heterocycles. The van der Waals surface area contributed by atoms with Gasteiger partial charge >= 0.3 is 109 Å². The average Bonchev–Trinajstić information content (AvgIpc) is 2.16. The number of hydrogen-bond donors (Lipinski definition) is 0. The molecule has 0 heterocycles. The van der Waals surface area contributed by atoms with Crippen molar-refractivity contribution >= 4 is 20.5 Å². The molecule has 0 bridgehead atoms. The van der Waals surface area contributed by atoms with E-state index in [1.165, 1.54) is 21.2 Å². The fourth-order valence-electron chi connectivity index (χ4n) is 1.89. The second-order valence-electron chi connectivity index (χ2n) is 5.49. The summed E-state index contributed by atoms with van der Waals surface area (Å²) in [7, 11) is 0. The van der Waals surface area contributed by atoms with Crippen LogP contribution >= 0.6 is 0 Å². The predicted molar refractivity (Wildman–Crippen MR) is 74.1 cm³/mol. The van der Waals surface area contributed by atoms with Crippen molar-refractivity contribution in [2.75, 3.05) is 0 Å². The summed E-state index contributed by atoms with van der Waals surface area (Å²) in [6, 6.07) is 4.74. The number of benzene rings is 1. The van der Waals surface area contributed by atoms with Crippen LogP contribution in [0.5, 0.6) is 0 Å². The van der Waals surface area contributed by atoms with Gasteiger partial charge in [0, 0.05) is 17.1 Å². The van der Waals surface area contributed by atoms with Gasteiger partial charge < -0.3 is 0 Å². The summed E-state index contributed by atoms with van der Waals surface area (Å²) in [4.78, 5) is 0. The van der Waals surface area contributed by atoms with Gasteiger partial charge in [0.1, 0.15) is 0 Å². The van der Waals surface area contributed by atoms with Crippen LogP contribution in [0.3, 0.4) is 0 Å². The molecule has 0 spiro atoms. The molecule has 0 amide bonds. The molecule has 0 N–H and O–H groups in total. The Morgan fingerprint density at radius 1 is 0.765 bits per heavy atom. The van der Waals surface area contributed by atoms with Crippen LogP contribution in [0, 0.1) is 0 Å². The first-order valence-corrected chi connectivity index (χ1v) is 7.05. The molecule has 0 atom stereocenters. The molecule has 1 aromatic carbocycles. The van der Waals surface area contributed by atoms with Crippen LogP contribution < -0.4 is 4.46 Å². The molecule has 100 valence electrons. The third kappa shape index (κ3) is 4.14. The van der Waals surface area contributed by atoms with Crippen molar-refractivity contribution in [3.05, 3.63) is 28.8 Å². The average molecular weight is 346 g/mol. The number of rotatable bonds is 3. The van der Waals surface area contributed by atoms with Crippen LogP contribution in [0.1, 0.15) is 76.0 Å². The minimum Gasteiger partial charge on any atom is 0 e. The van der Waals surface area contributed by atoms with Gasteiger partial charge in [-0.05, 0) is 0 Å². The van der Waals surface area contributed by atoms with E-state index in [9.17, 15) is 0 Å². The zero-order chi connectivity index (χ0) is 12.5. The van der Waals surface area contributed by atoms with Gasteiger partial charge in [0.15, 0.2) is 0 Å². The van der Waals surface area contributed by atoms with Crippen LogP contribution in [0.15, 0.2) is 12.1 Å². The maximum Gasteiger partial charge on any atom is 0 e. The van der Waals surface area contributed by atoms with Crippen molar-refractivity contribution in [3.8, 4) is 0 Å². The second-order valence-corrected chi connectivity index (χ2v) is 6.35. The van der Waals surface area contributed by atoms with Gasteiger partial charge in [-0.25, -0.2) is 0 Å². The van der Waals surface area contributed by atoms with Crippen LogP contribution in [0.2, 0.25) is 0 Å². The maximum atomic E-state index is 3.27. The number of hydrogen-bond acceptors (Lipinski definition) is 0. The van der Waals surface area contributed by atoms with Crippen LogP contribution in [0.4, 0.5) is 0 Å². The first-order chi connectivity index (χ1) is 7.34. The summed E-state index contributed by atoms with van der Waals surface area (Å²) in [5.41, 5.74) is 4.40. The van der Waals surface area contributed by atoms with E-state index in [0.717, 1.165) is 0 Å². The van der Waals surface area contributed by atoms with Gasteiger partial charge in [-0.3, -0.25) is 0 Å². The summed E-state index contributed by atoms with van der Waals surface area (Å²) in [6.45, 7) is 13.6. The summed E-state index contributed by atoms with van der Waals surface area (Å²) in [5, 5.41) is 0. The summed E-state index contributed by atoms with van der Waals surface area (Å²) >= 11 is 3.27. The van der Waals surface area contributed by atoms with Crippen molar-refractivity contribution < 1.29 is 17.1 Å². The Bertz CT molecular complexity index is 338. The standard InChI is InChI=1S/C15H23Se.Cu/c1-9(2)12-7-13(10(3)4)15(16)14(8-12)11(5)6;/h7-11H,1-6H3;. The molecule has 0 fully saturated rings. The molecule has 1 aromatic rings. The fourth-order valence-corrected chi connectivity index (χ4v) is 3.13. The molecule has 2 heteroatoms. The van der Waals surface area contributed by atoms with Gasteiger partial charge in [0.25, 0.3) is 0 Å². The third-order valence-corrected chi connectivity index (χ3v) is 4.07. The molecule has 0 aliphatic carbocycles. The van der Waals surface area contributed by atoms with Gasteiger partial charge in [-0.2, -0.15) is 0 Å². The minimum atomic E-state index is 0. The zero-order valence-electron chi connectivity index (χ0n) is 11.6. The molecule has 2 radical (unpaired) electrons. The van der Waals surface area contributed by atoms with E-state index in [2.05, 4.69) is 69.7 Å². The van der Waals surface area contributed by atoms with E-state index in [0.29, 0.717) is 17.8 Å². The Hall–Kier alpha value is 0.259. The molecule has 0 aliphatic rings. The van der Waals surface area contributed by atoms with Crippen molar-refractivity contribution in [3.63, 3.8) is 0 Å². The van der Waals surface area contributed by atoms with Gasteiger partial charge in [0.2, 0.25) is 0 Å². The Morgan fingerprint density at radius 2 is 1.12 bits per heavy atom. The van der Waals surface area contributed by atoms with Gasteiger partial charge in [-0.15, -0.1) is 0 Å². The van der Waals surface area contributed by atoms with E-state index >= 15 is 0 Å². The van der Waals surface area contributed by atoms with E-state index in [4.69, 9.17) is 0 Å². The summed E-state index contributed by atoms with van der Waals surface area (Å²) in [5.74, 6) is 1.79. The van der Waals surface area contributed by atoms with Crippen molar-refractivity contribution in [2.45, 2.75) is 59.3 Å². The molecular formula is C15H23CuSe. The van der Waals surface area contributed by atoms with Crippen molar-refractivity contribution in [2.24, 2.45) is 0 Å². The second kappa shape index (κ2) is 7.00. The van der Waals surface area contributed by atoms with Gasteiger partial charge in [-0.1, -0.05) is 0 Å². The normalized spacial score (nSPS) is 11.1. The quantitative estimate of drug-likeness (QED) is 0.730. The topological polar surface area (TPSA) is 0 Å². The van der Waals surface area contributed by atoms with Crippen molar-refractivity contribution in [1.82, 2.24) is 0 Å². The van der Waals surface area contributed by atoms with Crippen LogP contribution in [-0.4, -0.2) is 16.0 Å². The van der Waals surface area contributed by atoms with E-state index in [-0.39, 0.29) is 17.1 Å². The fraction of sp³-hybridized carbons (Fsp3) is 0.600. The molecule has 17 heavy (non-hydrogen) atoms. The third-order valence-electron chi connectivity index (χ3n) is 3.08. The SMILES string of the molecule is CC(C)c1cc(C(C)C)c([Se])c(C(C)C)c1.[Cu]. The molecule has 1 rings (SSSR count). The Balaban J connectivity index is 0.00000256. The first-order valence-electron chi connectivity index (χ1n) is 6.19. The molecule has 0 aromatic heterocycles. The zero-order valence-corrected chi connectivity index (χ0v) is 14.3. The molecule has 0 saturated carbocycles. The molecule has 0 unspecified atom stereocenters. The molecule has 0 nitrogen and oxygen atoms in total. The first kappa shape index (κ1) is 17.3. The van der Waals surface area contributed by atoms with Gasteiger partial charge in [0.05, 0.1) is 0 Å². The largest absolute Gasteiger partial charge is 0 e. The summed E-state index contributed by atoms with van der Waals surface area (Å²) < 4.78 is 1.37. The Morgan fingerprint density at radius 3 is 1.35 bits per heavy atom. The maximum absolute atomic E-state index is 3.27. The molecule has 0 saturated heterocycles. The van der Waals surface area contributed by atoms with E-state index in [1.54, 1.807) is 0 Å². The van der Waals surface area contributed by atoms with Crippen molar-refractivity contribution in [1.29, 1.82) is 0 Å². The monoisotopic (exact) mass is 346 g/mol. The molecular weight excluding hydrogens is 323 g/mol. The smallest absolute Gasteiger partial charge is 0 e. The Kier molecular flexibility index (Phi) is 7.10. The van der Waals surface area contributed by atoms with E-state index < -0.39 is 0 Å². The predicted octanol–water partition coefficient (Wildman–Crippen LogP) is 3.85. The van der Waals surface area contributed by atoms with Crippen LogP contribution in [-0.2, 0) is 17.1 Å². The summed E-state index contributed by atoms with van der Waals surface area (Å²) in [6.07, 6.45) is 0.